The van der Waals surface area contributed by atoms with E-state index >= 15 is 0 Å². The molecule has 0 spiro atoms. The zero-order valence-electron chi connectivity index (χ0n) is 20.0. The van der Waals surface area contributed by atoms with E-state index in [0.717, 1.165) is 29.7 Å². The van der Waals surface area contributed by atoms with Crippen LogP contribution in [0.3, 0.4) is 0 Å². The fourth-order valence-electron chi connectivity index (χ4n) is 4.02. The van der Waals surface area contributed by atoms with E-state index in [-0.39, 0.29) is 23.1 Å². The van der Waals surface area contributed by atoms with Gasteiger partial charge in [0.2, 0.25) is 21.8 Å². The van der Waals surface area contributed by atoms with Crippen LogP contribution in [0.4, 0.5) is 0 Å². The van der Waals surface area contributed by atoms with E-state index in [1.54, 1.807) is 50.2 Å². The lowest BCUT2D eigenvalue weighted by Gasteiger charge is -2.28. The lowest BCUT2D eigenvalue weighted by molar-refractivity contribution is -0.140. The Hall–Kier alpha value is -2.91. The monoisotopic (exact) mass is 487 g/mol. The zero-order valence-corrected chi connectivity index (χ0v) is 20.8. The molecule has 8 nitrogen and oxygen atoms in total. The number of nitrogens with one attached hydrogen (secondary N) is 1. The summed E-state index contributed by atoms with van der Waals surface area (Å²) in [5, 5.41) is 2.61. The van der Waals surface area contributed by atoms with Crippen molar-refractivity contribution in [3.63, 3.8) is 0 Å². The van der Waals surface area contributed by atoms with E-state index in [1.165, 1.54) is 4.31 Å². The topological polar surface area (TPSA) is 96.0 Å². The highest BCUT2D eigenvalue weighted by Gasteiger charge is 2.27. The van der Waals surface area contributed by atoms with Crippen molar-refractivity contribution in [3.8, 4) is 5.75 Å². The van der Waals surface area contributed by atoms with Crippen LogP contribution in [0.15, 0.2) is 53.4 Å². The van der Waals surface area contributed by atoms with Crippen molar-refractivity contribution >= 4 is 21.8 Å². The minimum absolute atomic E-state index is 0.152. The van der Waals surface area contributed by atoms with E-state index in [9.17, 15) is 18.0 Å². The number of carbonyl (C=O) groups excluding carboxylic acids is 2. The molecule has 1 aliphatic rings. The van der Waals surface area contributed by atoms with Crippen LogP contribution in [0.5, 0.6) is 5.75 Å². The number of sulfonamides is 1. The molecule has 2 aromatic carbocycles. The van der Waals surface area contributed by atoms with Crippen LogP contribution in [-0.2, 0) is 32.6 Å². The van der Waals surface area contributed by atoms with E-state index in [4.69, 9.17) is 4.74 Å². The molecule has 9 heteroatoms. The lowest BCUT2D eigenvalue weighted by atomic mass is 10.1. The second-order valence-corrected chi connectivity index (χ2v) is 10.4. The molecule has 0 radical (unpaired) electrons. The number of hydrogen-bond acceptors (Lipinski definition) is 5. The molecule has 1 fully saturated rings. The van der Waals surface area contributed by atoms with Crippen LogP contribution in [0.1, 0.15) is 37.3 Å². The number of methoxy groups -OCH3 is 1. The van der Waals surface area contributed by atoms with Crippen LogP contribution in [0.25, 0.3) is 0 Å². The van der Waals surface area contributed by atoms with Crippen LogP contribution in [0, 0.1) is 0 Å². The van der Waals surface area contributed by atoms with Crippen molar-refractivity contribution in [2.75, 3.05) is 27.2 Å². The molecule has 0 aliphatic carbocycles. The summed E-state index contributed by atoms with van der Waals surface area (Å²) in [7, 11) is -0.320. The van der Waals surface area contributed by atoms with Gasteiger partial charge in [-0.3, -0.25) is 9.59 Å². The molecule has 184 valence electrons. The highest BCUT2D eigenvalue weighted by Crippen LogP contribution is 2.22. The number of carbonyl (C=O) groups is 2. The summed E-state index contributed by atoms with van der Waals surface area (Å²) in [6.07, 6.45) is 2.43. The number of hydrogen-bond donors (Lipinski definition) is 1. The summed E-state index contributed by atoms with van der Waals surface area (Å²) < 4.78 is 32.1. The molecular formula is C25H33N3O5S. The Morgan fingerprint density at radius 3 is 2.18 bits per heavy atom. The Bertz CT molecular complexity index is 1080. The summed E-state index contributed by atoms with van der Waals surface area (Å²) in [6.45, 7) is 3.13. The average Bonchev–Trinajstić information content (AvgIpc) is 3.41. The lowest BCUT2D eigenvalue weighted by Crippen LogP contribution is -2.46. The van der Waals surface area contributed by atoms with Gasteiger partial charge in [-0.15, -0.1) is 0 Å². The summed E-state index contributed by atoms with van der Waals surface area (Å²) >= 11 is 0. The molecule has 2 amide bonds. The van der Waals surface area contributed by atoms with Gasteiger partial charge in [0.1, 0.15) is 11.8 Å². The largest absolute Gasteiger partial charge is 0.497 e. The maximum absolute atomic E-state index is 13.1. The van der Waals surface area contributed by atoms with Crippen molar-refractivity contribution in [3.05, 3.63) is 59.7 Å². The Morgan fingerprint density at radius 2 is 1.62 bits per heavy atom. The summed E-state index contributed by atoms with van der Waals surface area (Å²) in [6, 6.07) is 13.5. The fraction of sp³-hybridized carbons (Fsp3) is 0.440. The third kappa shape index (κ3) is 6.15. The van der Waals surface area contributed by atoms with Gasteiger partial charge in [0.15, 0.2) is 0 Å². The van der Waals surface area contributed by atoms with Crippen LogP contribution < -0.4 is 10.1 Å². The Kier molecular flexibility index (Phi) is 8.68. The van der Waals surface area contributed by atoms with Gasteiger partial charge in [-0.25, -0.2) is 8.42 Å². The maximum Gasteiger partial charge on any atom is 0.243 e. The standard InChI is InChI=1S/C25H33N3O5S/c1-19(25(30)26-2)28(18-21-6-11-22(33-3)12-7-21)24(29)15-10-20-8-13-23(14-9-20)34(31,32)27-16-4-5-17-27/h6-9,11-14,19H,4-5,10,15-18H2,1-3H3,(H,26,30). The van der Waals surface area contributed by atoms with Gasteiger partial charge in [-0.2, -0.15) is 4.31 Å². The highest BCUT2D eigenvalue weighted by atomic mass is 32.2. The maximum atomic E-state index is 13.1. The van der Waals surface area contributed by atoms with Crippen molar-refractivity contribution in [1.29, 1.82) is 0 Å². The second-order valence-electron chi connectivity index (χ2n) is 8.42. The molecule has 1 saturated heterocycles. The van der Waals surface area contributed by atoms with Crippen LogP contribution in [0.2, 0.25) is 0 Å². The van der Waals surface area contributed by atoms with E-state index < -0.39 is 16.1 Å². The predicted molar refractivity (Wildman–Crippen MR) is 130 cm³/mol. The number of ether oxygens (including phenoxy) is 1. The molecule has 1 aliphatic heterocycles. The molecule has 1 unspecified atom stereocenters. The number of rotatable bonds is 10. The number of aryl methyl sites for hydroxylation is 1. The molecule has 1 atom stereocenters. The van der Waals surface area contributed by atoms with Gasteiger partial charge in [0.05, 0.1) is 12.0 Å². The third-order valence-electron chi connectivity index (χ3n) is 6.18. The second kappa shape index (κ2) is 11.5. The van der Waals surface area contributed by atoms with Gasteiger partial charge in [-0.05, 0) is 61.6 Å². The Balaban J connectivity index is 1.67. The quantitative estimate of drug-likeness (QED) is 0.556. The third-order valence-corrected chi connectivity index (χ3v) is 8.09. The minimum Gasteiger partial charge on any atom is -0.497 e. The van der Waals surface area contributed by atoms with Crippen molar-refractivity contribution in [2.24, 2.45) is 0 Å². The first-order valence-corrected chi connectivity index (χ1v) is 12.9. The number of nitrogens with zero attached hydrogens (tertiary/aromatic N) is 2. The molecule has 1 N–H and O–H groups in total. The molecular weight excluding hydrogens is 454 g/mol. The van der Waals surface area contributed by atoms with Crippen molar-refractivity contribution in [2.45, 2.75) is 50.1 Å². The van der Waals surface area contributed by atoms with Gasteiger partial charge in [0, 0.05) is 33.1 Å². The zero-order chi connectivity index (χ0) is 24.7. The van der Waals surface area contributed by atoms with Gasteiger partial charge in [-0.1, -0.05) is 24.3 Å². The SMILES string of the molecule is CNC(=O)C(C)N(Cc1ccc(OC)cc1)C(=O)CCc1ccc(S(=O)(=O)N2CCCC2)cc1. The Labute approximate surface area is 201 Å². The molecule has 0 aromatic heterocycles. The average molecular weight is 488 g/mol. The summed E-state index contributed by atoms with van der Waals surface area (Å²) in [4.78, 5) is 27.2. The smallest absolute Gasteiger partial charge is 0.243 e. The van der Waals surface area contributed by atoms with E-state index in [0.29, 0.717) is 26.1 Å². The van der Waals surface area contributed by atoms with E-state index in [1.807, 2.05) is 24.3 Å². The molecule has 1 heterocycles. The van der Waals surface area contributed by atoms with Crippen LogP contribution in [-0.4, -0.2) is 62.7 Å². The summed E-state index contributed by atoms with van der Waals surface area (Å²) in [5.74, 6) is 0.329. The normalized spacial score (nSPS) is 15.0. The molecule has 0 bridgehead atoms. The minimum atomic E-state index is -3.46. The van der Waals surface area contributed by atoms with Gasteiger partial charge >= 0.3 is 0 Å². The molecule has 0 saturated carbocycles. The van der Waals surface area contributed by atoms with E-state index in [2.05, 4.69) is 5.32 Å². The fourth-order valence-corrected chi connectivity index (χ4v) is 5.54. The number of likely N-dealkylation sites (N-methyl/N-ethyl adjacent to an activating group) is 1. The van der Waals surface area contributed by atoms with Crippen LogP contribution >= 0.6 is 0 Å². The first-order valence-electron chi connectivity index (χ1n) is 11.5. The Morgan fingerprint density at radius 1 is 1.03 bits per heavy atom. The molecule has 2 aromatic rings. The first-order chi connectivity index (χ1) is 16.3. The van der Waals surface area contributed by atoms with Crippen molar-refractivity contribution < 1.29 is 22.7 Å². The van der Waals surface area contributed by atoms with Gasteiger partial charge < -0.3 is 15.0 Å². The molecule has 34 heavy (non-hydrogen) atoms. The highest BCUT2D eigenvalue weighted by molar-refractivity contribution is 7.89. The number of amides is 2. The van der Waals surface area contributed by atoms with Crippen molar-refractivity contribution in [1.82, 2.24) is 14.5 Å². The predicted octanol–water partition coefficient (Wildman–Crippen LogP) is 2.58. The first kappa shape index (κ1) is 25.7. The number of benzene rings is 2. The molecule has 3 rings (SSSR count). The van der Waals surface area contributed by atoms with Gasteiger partial charge in [0.25, 0.3) is 0 Å². The summed E-state index contributed by atoms with van der Waals surface area (Å²) in [5.41, 5.74) is 1.76.